The molecule has 0 spiro atoms. The van der Waals surface area contributed by atoms with Gasteiger partial charge in [-0.2, -0.15) is 0 Å². The van der Waals surface area contributed by atoms with Gasteiger partial charge in [-0.3, -0.25) is 0 Å². The van der Waals surface area contributed by atoms with Crippen molar-refractivity contribution in [1.82, 2.24) is 10.3 Å². The highest BCUT2D eigenvalue weighted by molar-refractivity contribution is 7.09. The van der Waals surface area contributed by atoms with Crippen LogP contribution in [0.5, 0.6) is 0 Å². The number of aliphatic hydroxyl groups excluding tert-OH is 1. The Labute approximate surface area is 112 Å². The number of thiazole rings is 1. The number of aryl methyl sites for hydroxylation is 1. The van der Waals surface area contributed by atoms with Gasteiger partial charge in [0.1, 0.15) is 0 Å². The van der Waals surface area contributed by atoms with Gasteiger partial charge in [-0.25, -0.2) is 4.98 Å². The Hall–Kier alpha value is -0.530. The molecule has 0 aliphatic rings. The van der Waals surface area contributed by atoms with E-state index in [0.29, 0.717) is 26.4 Å². The van der Waals surface area contributed by atoms with Crippen molar-refractivity contribution >= 4 is 11.3 Å². The fraction of sp³-hybridized carbons (Fsp3) is 0.750. The minimum Gasteiger partial charge on any atom is -0.389 e. The maximum absolute atomic E-state index is 9.62. The van der Waals surface area contributed by atoms with E-state index in [2.05, 4.69) is 10.3 Å². The number of aromatic nitrogens is 1. The van der Waals surface area contributed by atoms with E-state index in [1.54, 1.807) is 18.4 Å². The topological polar surface area (TPSA) is 63.6 Å². The molecule has 0 radical (unpaired) electrons. The first-order valence-corrected chi connectivity index (χ1v) is 6.96. The van der Waals surface area contributed by atoms with Gasteiger partial charge in [-0.15, -0.1) is 11.3 Å². The van der Waals surface area contributed by atoms with Crippen LogP contribution >= 0.6 is 11.3 Å². The van der Waals surface area contributed by atoms with Crippen molar-refractivity contribution in [3.8, 4) is 0 Å². The predicted molar refractivity (Wildman–Crippen MR) is 72.1 cm³/mol. The van der Waals surface area contributed by atoms with Gasteiger partial charge in [0, 0.05) is 31.5 Å². The second kappa shape index (κ2) is 9.41. The van der Waals surface area contributed by atoms with Crippen LogP contribution in [0.3, 0.4) is 0 Å². The Bertz CT molecular complexity index is 320. The van der Waals surface area contributed by atoms with Crippen molar-refractivity contribution < 1.29 is 14.6 Å². The molecule has 104 valence electrons. The van der Waals surface area contributed by atoms with E-state index >= 15 is 0 Å². The average molecular weight is 274 g/mol. The van der Waals surface area contributed by atoms with E-state index in [-0.39, 0.29) is 0 Å². The molecule has 2 N–H and O–H groups in total. The summed E-state index contributed by atoms with van der Waals surface area (Å²) in [6.45, 7) is 4.91. The minimum atomic E-state index is -0.468. The van der Waals surface area contributed by atoms with Gasteiger partial charge in [-0.05, 0) is 6.92 Å². The van der Waals surface area contributed by atoms with Crippen molar-refractivity contribution in [2.75, 3.05) is 40.0 Å². The quantitative estimate of drug-likeness (QED) is 0.612. The maximum Gasteiger partial charge on any atom is 0.0897 e. The lowest BCUT2D eigenvalue weighted by Gasteiger charge is -2.12. The third-order valence-corrected chi connectivity index (χ3v) is 3.49. The SMILES string of the molecule is COCCNCC(O)COCCc1scnc1C. The Kier molecular flexibility index (Phi) is 8.11. The molecule has 1 atom stereocenters. The summed E-state index contributed by atoms with van der Waals surface area (Å²) >= 11 is 1.65. The molecule has 5 nitrogen and oxygen atoms in total. The van der Waals surface area contributed by atoms with E-state index in [0.717, 1.165) is 18.7 Å². The zero-order valence-electron chi connectivity index (χ0n) is 11.0. The van der Waals surface area contributed by atoms with Crippen molar-refractivity contribution in [2.24, 2.45) is 0 Å². The average Bonchev–Trinajstić information content (AvgIpc) is 2.76. The van der Waals surface area contributed by atoms with Gasteiger partial charge in [0.25, 0.3) is 0 Å². The Balaban J connectivity index is 1.98. The van der Waals surface area contributed by atoms with Gasteiger partial charge in [0.2, 0.25) is 0 Å². The predicted octanol–water partition coefficient (Wildman–Crippen LogP) is 0.608. The highest BCUT2D eigenvalue weighted by Gasteiger charge is 2.05. The third kappa shape index (κ3) is 6.42. The molecule has 0 amide bonds. The molecular weight excluding hydrogens is 252 g/mol. The van der Waals surface area contributed by atoms with Gasteiger partial charge < -0.3 is 19.9 Å². The molecule has 0 saturated heterocycles. The minimum absolute atomic E-state index is 0.359. The number of hydrogen-bond donors (Lipinski definition) is 2. The van der Waals surface area contributed by atoms with Gasteiger partial charge >= 0.3 is 0 Å². The first-order valence-electron chi connectivity index (χ1n) is 6.08. The molecule has 0 aliphatic carbocycles. The first kappa shape index (κ1) is 15.5. The third-order valence-electron chi connectivity index (χ3n) is 2.49. The monoisotopic (exact) mass is 274 g/mol. The summed E-state index contributed by atoms with van der Waals surface area (Å²) in [4.78, 5) is 5.43. The van der Waals surface area contributed by atoms with Crippen LogP contribution in [0.1, 0.15) is 10.6 Å². The van der Waals surface area contributed by atoms with Gasteiger partial charge in [0.15, 0.2) is 0 Å². The zero-order chi connectivity index (χ0) is 13.2. The molecule has 0 bridgehead atoms. The lowest BCUT2D eigenvalue weighted by Crippen LogP contribution is -2.32. The smallest absolute Gasteiger partial charge is 0.0897 e. The van der Waals surface area contributed by atoms with E-state index in [1.165, 1.54) is 4.88 Å². The van der Waals surface area contributed by atoms with Crippen molar-refractivity contribution in [2.45, 2.75) is 19.4 Å². The first-order chi connectivity index (χ1) is 8.74. The zero-order valence-corrected chi connectivity index (χ0v) is 11.8. The maximum atomic E-state index is 9.62. The molecule has 0 fully saturated rings. The lowest BCUT2D eigenvalue weighted by atomic mass is 10.3. The second-order valence-corrected chi connectivity index (χ2v) is 4.98. The number of rotatable bonds is 10. The molecule has 6 heteroatoms. The summed E-state index contributed by atoms with van der Waals surface area (Å²) in [5.41, 5.74) is 2.92. The number of nitrogens with zero attached hydrogens (tertiary/aromatic N) is 1. The van der Waals surface area contributed by atoms with Crippen LogP contribution in [0, 0.1) is 6.92 Å². The number of methoxy groups -OCH3 is 1. The van der Waals surface area contributed by atoms with Crippen LogP contribution < -0.4 is 5.32 Å². The Morgan fingerprint density at radius 3 is 3.00 bits per heavy atom. The van der Waals surface area contributed by atoms with Crippen molar-refractivity contribution in [3.05, 3.63) is 16.1 Å². The van der Waals surface area contributed by atoms with E-state index in [4.69, 9.17) is 9.47 Å². The fourth-order valence-corrected chi connectivity index (χ4v) is 2.21. The Morgan fingerprint density at radius 1 is 1.50 bits per heavy atom. The molecule has 18 heavy (non-hydrogen) atoms. The van der Waals surface area contributed by atoms with E-state index < -0.39 is 6.10 Å². The van der Waals surface area contributed by atoms with Crippen LogP contribution in [-0.2, 0) is 15.9 Å². The summed E-state index contributed by atoms with van der Waals surface area (Å²) < 4.78 is 10.3. The van der Waals surface area contributed by atoms with Gasteiger partial charge in [0.05, 0.1) is 37.1 Å². The summed E-state index contributed by atoms with van der Waals surface area (Å²) in [6.07, 6.45) is 0.393. The van der Waals surface area contributed by atoms with E-state index in [1.807, 2.05) is 12.4 Å². The molecule has 1 unspecified atom stereocenters. The summed E-state index contributed by atoms with van der Waals surface area (Å²) in [7, 11) is 1.66. The molecule has 0 aliphatic heterocycles. The molecule has 0 saturated carbocycles. The number of nitrogens with one attached hydrogen (secondary N) is 1. The number of hydrogen-bond acceptors (Lipinski definition) is 6. The molecule has 0 aromatic carbocycles. The largest absolute Gasteiger partial charge is 0.389 e. The van der Waals surface area contributed by atoms with Crippen molar-refractivity contribution in [3.63, 3.8) is 0 Å². The molecule has 1 aromatic rings. The second-order valence-electron chi connectivity index (χ2n) is 4.04. The van der Waals surface area contributed by atoms with Crippen LogP contribution in [0.15, 0.2) is 5.51 Å². The van der Waals surface area contributed by atoms with Gasteiger partial charge in [-0.1, -0.05) is 0 Å². The fourth-order valence-electron chi connectivity index (χ4n) is 1.45. The molecular formula is C12H22N2O3S. The van der Waals surface area contributed by atoms with Crippen LogP contribution in [-0.4, -0.2) is 56.2 Å². The number of aliphatic hydroxyl groups is 1. The van der Waals surface area contributed by atoms with Crippen molar-refractivity contribution in [1.29, 1.82) is 0 Å². The molecule has 1 aromatic heterocycles. The lowest BCUT2D eigenvalue weighted by molar-refractivity contribution is 0.0377. The number of ether oxygens (including phenoxy) is 2. The summed E-state index contributed by atoms with van der Waals surface area (Å²) in [5, 5.41) is 12.7. The Morgan fingerprint density at radius 2 is 2.33 bits per heavy atom. The molecule has 1 rings (SSSR count). The van der Waals surface area contributed by atoms with E-state index in [9.17, 15) is 5.11 Å². The standard InChI is InChI=1S/C12H22N2O3S/c1-10-12(18-9-14-10)3-5-17-8-11(15)7-13-4-6-16-2/h9,11,13,15H,3-8H2,1-2H3. The van der Waals surface area contributed by atoms with Crippen LogP contribution in [0.2, 0.25) is 0 Å². The van der Waals surface area contributed by atoms with Crippen LogP contribution in [0.25, 0.3) is 0 Å². The summed E-state index contributed by atoms with van der Waals surface area (Å²) in [6, 6.07) is 0. The summed E-state index contributed by atoms with van der Waals surface area (Å²) in [5.74, 6) is 0. The van der Waals surface area contributed by atoms with Crippen LogP contribution in [0.4, 0.5) is 0 Å². The highest BCUT2D eigenvalue weighted by atomic mass is 32.1. The highest BCUT2D eigenvalue weighted by Crippen LogP contribution is 2.12. The normalized spacial score (nSPS) is 12.8. The molecule has 1 heterocycles.